The fourth-order valence-electron chi connectivity index (χ4n) is 2.32. The van der Waals surface area contributed by atoms with Gasteiger partial charge in [-0.25, -0.2) is 9.98 Å². The second kappa shape index (κ2) is 13.4. The molecular formula is C19H30IN5O. The molecule has 0 bridgehead atoms. The molecule has 144 valence electrons. The molecule has 0 radical (unpaired) electrons. The molecule has 0 aliphatic heterocycles. The van der Waals surface area contributed by atoms with Crippen molar-refractivity contribution in [3.8, 4) is 5.88 Å². The van der Waals surface area contributed by atoms with E-state index in [-0.39, 0.29) is 24.0 Å². The van der Waals surface area contributed by atoms with Crippen molar-refractivity contribution in [2.45, 2.75) is 39.8 Å². The Kier molecular flexibility index (Phi) is 11.5. The van der Waals surface area contributed by atoms with Crippen molar-refractivity contribution in [3.05, 3.63) is 48.4 Å². The summed E-state index contributed by atoms with van der Waals surface area (Å²) in [4.78, 5) is 8.99. The summed E-state index contributed by atoms with van der Waals surface area (Å²) >= 11 is 0. The van der Waals surface area contributed by atoms with Gasteiger partial charge in [0.25, 0.3) is 0 Å². The number of nitrogens with zero attached hydrogens (tertiary/aromatic N) is 3. The van der Waals surface area contributed by atoms with Crippen LogP contribution < -0.4 is 15.4 Å². The first-order valence-electron chi connectivity index (χ1n) is 9.03. The summed E-state index contributed by atoms with van der Waals surface area (Å²) in [5.74, 6) is 1.49. The molecule has 0 aromatic carbocycles. The van der Waals surface area contributed by atoms with Gasteiger partial charge in [-0.15, -0.1) is 24.0 Å². The smallest absolute Gasteiger partial charge is 0.218 e. The van der Waals surface area contributed by atoms with E-state index >= 15 is 0 Å². The van der Waals surface area contributed by atoms with Gasteiger partial charge in [0.05, 0.1) is 13.2 Å². The SMILES string of the molecule is CCCCOc1ncccc1CN=C(NCC)NCCn1cccc1.I. The van der Waals surface area contributed by atoms with Gasteiger partial charge in [0.2, 0.25) is 5.88 Å². The lowest BCUT2D eigenvalue weighted by molar-refractivity contribution is 0.294. The molecule has 2 aromatic rings. The van der Waals surface area contributed by atoms with E-state index in [1.165, 1.54) is 0 Å². The quantitative estimate of drug-likeness (QED) is 0.241. The van der Waals surface area contributed by atoms with E-state index in [1.807, 2.05) is 24.3 Å². The van der Waals surface area contributed by atoms with Gasteiger partial charge >= 0.3 is 0 Å². The van der Waals surface area contributed by atoms with Crippen molar-refractivity contribution in [2.75, 3.05) is 19.7 Å². The van der Waals surface area contributed by atoms with Crippen molar-refractivity contribution in [1.29, 1.82) is 0 Å². The molecule has 0 unspecified atom stereocenters. The highest BCUT2D eigenvalue weighted by atomic mass is 127. The van der Waals surface area contributed by atoms with Crippen LogP contribution in [-0.4, -0.2) is 35.2 Å². The highest BCUT2D eigenvalue weighted by Crippen LogP contribution is 2.15. The zero-order valence-electron chi connectivity index (χ0n) is 15.6. The monoisotopic (exact) mass is 471 g/mol. The van der Waals surface area contributed by atoms with Crippen LogP contribution in [0.3, 0.4) is 0 Å². The Morgan fingerprint density at radius 1 is 1.19 bits per heavy atom. The van der Waals surface area contributed by atoms with E-state index in [0.29, 0.717) is 19.0 Å². The first kappa shape index (κ1) is 22.3. The van der Waals surface area contributed by atoms with Crippen molar-refractivity contribution < 1.29 is 4.74 Å². The van der Waals surface area contributed by atoms with Crippen LogP contribution >= 0.6 is 24.0 Å². The Bertz CT molecular complexity index is 631. The Hall–Kier alpha value is -1.77. The predicted molar refractivity (Wildman–Crippen MR) is 117 cm³/mol. The molecule has 0 atom stereocenters. The molecule has 6 nitrogen and oxygen atoms in total. The summed E-state index contributed by atoms with van der Waals surface area (Å²) < 4.78 is 7.91. The number of hydrogen-bond donors (Lipinski definition) is 2. The van der Waals surface area contributed by atoms with E-state index in [1.54, 1.807) is 6.20 Å². The topological polar surface area (TPSA) is 63.5 Å². The van der Waals surface area contributed by atoms with Crippen LogP contribution in [0.25, 0.3) is 0 Å². The first-order chi connectivity index (χ1) is 12.3. The van der Waals surface area contributed by atoms with Gasteiger partial charge in [-0.2, -0.15) is 0 Å². The molecule has 0 spiro atoms. The number of rotatable bonds is 10. The van der Waals surface area contributed by atoms with Gasteiger partial charge in [-0.05, 0) is 31.5 Å². The predicted octanol–water partition coefficient (Wildman–Crippen LogP) is 3.44. The summed E-state index contributed by atoms with van der Waals surface area (Å²) in [6, 6.07) is 7.99. The van der Waals surface area contributed by atoms with Gasteiger partial charge in [-0.3, -0.25) is 0 Å². The normalized spacial score (nSPS) is 10.9. The summed E-state index contributed by atoms with van der Waals surface area (Å²) in [5.41, 5.74) is 1.00. The number of ether oxygens (including phenoxy) is 1. The largest absolute Gasteiger partial charge is 0.477 e. The molecule has 0 amide bonds. The van der Waals surface area contributed by atoms with Gasteiger partial charge in [0.1, 0.15) is 0 Å². The molecule has 7 heteroatoms. The van der Waals surface area contributed by atoms with Crippen LogP contribution in [0.15, 0.2) is 47.8 Å². The van der Waals surface area contributed by atoms with E-state index < -0.39 is 0 Å². The number of guanidine groups is 1. The highest BCUT2D eigenvalue weighted by Gasteiger charge is 2.05. The van der Waals surface area contributed by atoms with Gasteiger partial charge < -0.3 is 19.9 Å². The highest BCUT2D eigenvalue weighted by molar-refractivity contribution is 14.0. The van der Waals surface area contributed by atoms with E-state index in [9.17, 15) is 0 Å². The number of hydrogen-bond acceptors (Lipinski definition) is 3. The molecular weight excluding hydrogens is 441 g/mol. The van der Waals surface area contributed by atoms with Crippen LogP contribution in [-0.2, 0) is 13.1 Å². The second-order valence-electron chi connectivity index (χ2n) is 5.71. The number of aromatic nitrogens is 2. The Balaban J connectivity index is 0.00000338. The zero-order chi connectivity index (χ0) is 17.7. The fourth-order valence-corrected chi connectivity index (χ4v) is 2.32. The van der Waals surface area contributed by atoms with Crippen LogP contribution in [0, 0.1) is 0 Å². The maximum Gasteiger partial charge on any atom is 0.218 e. The van der Waals surface area contributed by atoms with Crippen LogP contribution in [0.2, 0.25) is 0 Å². The molecule has 2 rings (SSSR count). The van der Waals surface area contributed by atoms with Crippen molar-refractivity contribution >= 4 is 29.9 Å². The third-order valence-corrected chi connectivity index (χ3v) is 3.67. The number of unbranched alkanes of at least 4 members (excludes halogenated alkanes) is 1. The summed E-state index contributed by atoms with van der Waals surface area (Å²) in [6.45, 7) is 7.97. The molecule has 2 N–H and O–H groups in total. The minimum Gasteiger partial charge on any atom is -0.477 e. The maximum atomic E-state index is 5.78. The minimum absolute atomic E-state index is 0. The average molecular weight is 471 g/mol. The van der Waals surface area contributed by atoms with Gasteiger partial charge in [-0.1, -0.05) is 19.4 Å². The van der Waals surface area contributed by atoms with E-state index in [4.69, 9.17) is 4.74 Å². The molecule has 0 aliphatic carbocycles. The lowest BCUT2D eigenvalue weighted by Crippen LogP contribution is -2.38. The second-order valence-corrected chi connectivity index (χ2v) is 5.71. The zero-order valence-corrected chi connectivity index (χ0v) is 18.0. The summed E-state index contributed by atoms with van der Waals surface area (Å²) in [6.07, 6.45) is 8.01. The van der Waals surface area contributed by atoms with E-state index in [2.05, 4.69) is 51.4 Å². The van der Waals surface area contributed by atoms with Crippen molar-refractivity contribution in [2.24, 2.45) is 4.99 Å². The summed E-state index contributed by atoms with van der Waals surface area (Å²) in [5, 5.41) is 6.63. The van der Waals surface area contributed by atoms with Crippen molar-refractivity contribution in [1.82, 2.24) is 20.2 Å². The molecule has 0 fully saturated rings. The molecule has 0 saturated heterocycles. The van der Waals surface area contributed by atoms with Crippen LogP contribution in [0.5, 0.6) is 5.88 Å². The van der Waals surface area contributed by atoms with Gasteiger partial charge in [0.15, 0.2) is 5.96 Å². The first-order valence-corrected chi connectivity index (χ1v) is 9.03. The Labute approximate surface area is 173 Å². The molecule has 26 heavy (non-hydrogen) atoms. The fraction of sp³-hybridized carbons (Fsp3) is 0.474. The third-order valence-electron chi connectivity index (χ3n) is 3.67. The lowest BCUT2D eigenvalue weighted by Gasteiger charge is -2.13. The number of aliphatic imine (C=N–C) groups is 1. The number of pyridine rings is 1. The van der Waals surface area contributed by atoms with Gasteiger partial charge in [0, 0.05) is 43.8 Å². The average Bonchev–Trinajstić information content (AvgIpc) is 3.14. The van der Waals surface area contributed by atoms with Crippen LogP contribution in [0.4, 0.5) is 0 Å². The molecule has 0 aliphatic rings. The Morgan fingerprint density at radius 3 is 2.73 bits per heavy atom. The minimum atomic E-state index is 0. The third kappa shape index (κ3) is 8.07. The molecule has 2 heterocycles. The Morgan fingerprint density at radius 2 is 2.00 bits per heavy atom. The summed E-state index contributed by atoms with van der Waals surface area (Å²) in [7, 11) is 0. The van der Waals surface area contributed by atoms with Crippen LogP contribution in [0.1, 0.15) is 32.3 Å². The lowest BCUT2D eigenvalue weighted by atomic mass is 10.3. The van der Waals surface area contributed by atoms with E-state index in [0.717, 1.165) is 44.0 Å². The van der Waals surface area contributed by atoms with Crippen molar-refractivity contribution in [3.63, 3.8) is 0 Å². The molecule has 0 saturated carbocycles. The number of halogens is 1. The molecule has 2 aromatic heterocycles. The standard InChI is InChI=1S/C19H29N5O.HI/c1-3-5-15-25-18-17(9-8-10-21-18)16-23-19(20-4-2)22-11-14-24-12-6-7-13-24;/h6-10,12-13H,3-5,11,14-16H2,1-2H3,(H2,20,22,23);1H. The number of nitrogens with one attached hydrogen (secondary N) is 2. The maximum absolute atomic E-state index is 5.78.